The second-order valence-corrected chi connectivity index (χ2v) is 7.34. The van der Waals surface area contributed by atoms with Crippen LogP contribution in [-0.2, 0) is 0 Å². The summed E-state index contributed by atoms with van der Waals surface area (Å²) in [5, 5.41) is 24.2. The Bertz CT molecular complexity index is 1350. The minimum absolute atomic E-state index is 0.134. The maximum atomic E-state index is 12.4. The van der Waals surface area contributed by atoms with Gasteiger partial charge in [-0.2, -0.15) is 0 Å². The van der Waals surface area contributed by atoms with E-state index in [1.54, 1.807) is 54.6 Å². The molecule has 0 bridgehead atoms. The number of azo groups is 1. The van der Waals surface area contributed by atoms with Crippen LogP contribution in [0.3, 0.4) is 0 Å². The Balaban J connectivity index is 1.43. The maximum absolute atomic E-state index is 12.4. The largest absolute Gasteiger partial charge is 0.497 e. The first-order valence-electron chi connectivity index (χ1n) is 9.71. The summed E-state index contributed by atoms with van der Waals surface area (Å²) in [5.41, 5.74) is 2.09. The van der Waals surface area contributed by atoms with E-state index in [0.717, 1.165) is 0 Å². The van der Waals surface area contributed by atoms with Gasteiger partial charge in [-0.25, -0.2) is 4.79 Å². The minimum Gasteiger partial charge on any atom is -0.497 e. The summed E-state index contributed by atoms with van der Waals surface area (Å²) in [4.78, 5) is 27.3. The Hall–Kier alpha value is -4.37. The van der Waals surface area contributed by atoms with Gasteiger partial charge < -0.3 is 25.5 Å². The third-order valence-corrected chi connectivity index (χ3v) is 4.94. The van der Waals surface area contributed by atoms with Crippen LogP contribution in [0, 0.1) is 0 Å². The third-order valence-electron chi connectivity index (χ3n) is 4.69. The number of nitrogens with zero attached hydrogens (tertiary/aromatic N) is 2. The van der Waals surface area contributed by atoms with Crippen molar-refractivity contribution in [2.45, 2.75) is 0 Å². The number of ether oxygens (including phenoxy) is 1. The number of anilines is 2. The Kier molecular flexibility index (Phi) is 6.23. The van der Waals surface area contributed by atoms with Crippen LogP contribution >= 0.6 is 11.6 Å². The Labute approximate surface area is 193 Å². The normalized spacial score (nSPS) is 11.0. The minimum atomic E-state index is -0.608. The molecule has 0 unspecified atom stereocenters. The zero-order valence-electron chi connectivity index (χ0n) is 17.3. The first kappa shape index (κ1) is 21.8. The number of aromatic amines is 1. The molecule has 3 amide bonds. The number of rotatable bonds is 5. The molecule has 4 aromatic rings. The highest BCUT2D eigenvalue weighted by atomic mass is 35.5. The highest BCUT2D eigenvalue weighted by Crippen LogP contribution is 2.37. The molecule has 0 saturated heterocycles. The van der Waals surface area contributed by atoms with Gasteiger partial charge in [-0.1, -0.05) is 11.6 Å². The Morgan fingerprint density at radius 3 is 2.24 bits per heavy atom. The van der Waals surface area contributed by atoms with Gasteiger partial charge in [0.2, 0.25) is 5.88 Å². The standard InChI is InChI=1S/C23H18ClN5O4/c1-33-17-10-11-19-18(12-17)20(22(31)27-19)28-29-21(30)13-2-6-15(7-3-13)25-23(32)26-16-8-4-14(24)5-9-16/h2-12,27,31H,1H3,(H2,25,26,32). The molecule has 0 radical (unpaired) electrons. The molecule has 0 spiro atoms. The van der Waals surface area contributed by atoms with Crippen LogP contribution in [0.1, 0.15) is 10.4 Å². The zero-order valence-corrected chi connectivity index (χ0v) is 18.1. The quantitative estimate of drug-likeness (QED) is 0.266. The van der Waals surface area contributed by atoms with E-state index in [9.17, 15) is 14.7 Å². The number of benzene rings is 3. The second kappa shape index (κ2) is 9.41. The van der Waals surface area contributed by atoms with E-state index in [0.29, 0.717) is 33.0 Å². The molecular weight excluding hydrogens is 446 g/mol. The summed E-state index contributed by atoms with van der Waals surface area (Å²) in [6.45, 7) is 0. The number of carbonyl (C=O) groups excluding carboxylic acids is 2. The lowest BCUT2D eigenvalue weighted by Gasteiger charge is -2.08. The van der Waals surface area contributed by atoms with Gasteiger partial charge in [-0.05, 0) is 66.7 Å². The average molecular weight is 464 g/mol. The van der Waals surface area contributed by atoms with Crippen molar-refractivity contribution in [3.8, 4) is 11.6 Å². The van der Waals surface area contributed by atoms with Gasteiger partial charge in [0.15, 0.2) is 5.69 Å². The molecule has 0 aliphatic carbocycles. The van der Waals surface area contributed by atoms with Crippen molar-refractivity contribution in [2.24, 2.45) is 10.2 Å². The van der Waals surface area contributed by atoms with Crippen molar-refractivity contribution in [3.05, 3.63) is 77.3 Å². The summed E-state index contributed by atoms with van der Waals surface area (Å²) < 4.78 is 5.18. The fourth-order valence-electron chi connectivity index (χ4n) is 3.05. The number of nitrogens with one attached hydrogen (secondary N) is 3. The summed E-state index contributed by atoms with van der Waals surface area (Å²) in [5.74, 6) is -0.239. The monoisotopic (exact) mass is 463 g/mol. The number of amides is 3. The number of halogens is 1. The van der Waals surface area contributed by atoms with Crippen LogP contribution in [0.15, 0.2) is 77.0 Å². The fourth-order valence-corrected chi connectivity index (χ4v) is 3.17. The van der Waals surface area contributed by atoms with E-state index in [-0.39, 0.29) is 17.1 Å². The fraction of sp³-hybridized carbons (Fsp3) is 0.0435. The molecule has 1 aromatic heterocycles. The summed E-state index contributed by atoms with van der Waals surface area (Å²) >= 11 is 5.83. The maximum Gasteiger partial charge on any atom is 0.323 e. The van der Waals surface area contributed by atoms with E-state index >= 15 is 0 Å². The van der Waals surface area contributed by atoms with E-state index in [4.69, 9.17) is 16.3 Å². The van der Waals surface area contributed by atoms with E-state index in [2.05, 4.69) is 25.8 Å². The molecule has 1 heterocycles. The van der Waals surface area contributed by atoms with Crippen molar-refractivity contribution in [1.82, 2.24) is 4.98 Å². The number of H-pyrrole nitrogens is 1. The van der Waals surface area contributed by atoms with Crippen molar-refractivity contribution in [3.63, 3.8) is 0 Å². The van der Waals surface area contributed by atoms with Crippen LogP contribution in [0.5, 0.6) is 11.6 Å². The third kappa shape index (κ3) is 5.10. The second-order valence-electron chi connectivity index (χ2n) is 6.90. The molecule has 10 heteroatoms. The molecule has 4 rings (SSSR count). The van der Waals surface area contributed by atoms with Gasteiger partial charge in [-0.3, -0.25) is 4.79 Å². The van der Waals surface area contributed by atoms with Crippen LogP contribution in [0.4, 0.5) is 21.9 Å². The van der Waals surface area contributed by atoms with Gasteiger partial charge in [0, 0.05) is 27.3 Å². The molecule has 0 fully saturated rings. The molecular formula is C23H18ClN5O4. The van der Waals surface area contributed by atoms with E-state index in [1.165, 1.54) is 19.2 Å². The molecule has 0 saturated carbocycles. The van der Waals surface area contributed by atoms with Crippen LogP contribution in [-0.4, -0.2) is 29.1 Å². The molecule has 0 aliphatic heterocycles. The summed E-state index contributed by atoms with van der Waals surface area (Å²) in [6, 6.07) is 17.5. The summed E-state index contributed by atoms with van der Waals surface area (Å²) in [7, 11) is 1.53. The lowest BCUT2D eigenvalue weighted by Crippen LogP contribution is -2.19. The smallest absolute Gasteiger partial charge is 0.323 e. The van der Waals surface area contributed by atoms with Crippen LogP contribution in [0.2, 0.25) is 5.02 Å². The van der Waals surface area contributed by atoms with Crippen molar-refractivity contribution >= 4 is 51.5 Å². The molecule has 9 nitrogen and oxygen atoms in total. The highest BCUT2D eigenvalue weighted by molar-refractivity contribution is 6.30. The highest BCUT2D eigenvalue weighted by Gasteiger charge is 2.13. The van der Waals surface area contributed by atoms with Crippen molar-refractivity contribution in [2.75, 3.05) is 17.7 Å². The topological polar surface area (TPSA) is 128 Å². The average Bonchev–Trinajstić information content (AvgIpc) is 3.13. The molecule has 4 N–H and O–H groups in total. The number of hydrogen-bond donors (Lipinski definition) is 4. The van der Waals surface area contributed by atoms with Gasteiger partial charge in [-0.15, -0.1) is 10.2 Å². The zero-order chi connectivity index (χ0) is 23.4. The van der Waals surface area contributed by atoms with Gasteiger partial charge >= 0.3 is 6.03 Å². The summed E-state index contributed by atoms with van der Waals surface area (Å²) in [6.07, 6.45) is 0. The van der Waals surface area contributed by atoms with Crippen molar-refractivity contribution < 1.29 is 19.4 Å². The Morgan fingerprint density at radius 2 is 1.61 bits per heavy atom. The number of hydrogen-bond acceptors (Lipinski definition) is 5. The van der Waals surface area contributed by atoms with Crippen molar-refractivity contribution in [1.29, 1.82) is 0 Å². The predicted molar refractivity (Wildman–Crippen MR) is 126 cm³/mol. The SMILES string of the molecule is COc1ccc2[nH]c(O)c(N=NC(=O)c3ccc(NC(=O)Nc4ccc(Cl)cc4)cc3)c2c1. The molecule has 33 heavy (non-hydrogen) atoms. The first-order valence-corrected chi connectivity index (χ1v) is 10.1. The number of fused-ring (bicyclic) bond motifs is 1. The van der Waals surface area contributed by atoms with E-state index < -0.39 is 11.9 Å². The number of carbonyl (C=O) groups is 2. The lowest BCUT2D eigenvalue weighted by atomic mass is 10.2. The van der Waals surface area contributed by atoms with Gasteiger partial charge in [0.05, 0.1) is 12.6 Å². The number of aromatic hydroxyl groups is 1. The van der Waals surface area contributed by atoms with Gasteiger partial charge in [0.25, 0.3) is 5.91 Å². The molecule has 0 atom stereocenters. The molecule has 3 aromatic carbocycles. The number of aromatic nitrogens is 1. The molecule has 0 aliphatic rings. The van der Waals surface area contributed by atoms with E-state index in [1.807, 2.05) is 0 Å². The Morgan fingerprint density at radius 1 is 0.970 bits per heavy atom. The number of methoxy groups -OCH3 is 1. The lowest BCUT2D eigenvalue weighted by molar-refractivity contribution is 0.0995. The molecule has 166 valence electrons. The first-order chi connectivity index (χ1) is 15.9. The predicted octanol–water partition coefficient (Wildman–Crippen LogP) is 6.10. The van der Waals surface area contributed by atoms with Crippen LogP contribution < -0.4 is 15.4 Å². The van der Waals surface area contributed by atoms with Crippen LogP contribution in [0.25, 0.3) is 10.9 Å². The number of urea groups is 1. The van der Waals surface area contributed by atoms with Gasteiger partial charge in [0.1, 0.15) is 5.75 Å².